The first-order chi connectivity index (χ1) is 12.7. The molecule has 2 N–H and O–H groups in total. The van der Waals surface area contributed by atoms with E-state index in [2.05, 4.69) is 23.3 Å². The van der Waals surface area contributed by atoms with Gasteiger partial charge in [-0.15, -0.1) is 0 Å². The third kappa shape index (κ3) is 2.48. The second kappa shape index (κ2) is 5.75. The topological polar surface area (TPSA) is 56.2 Å². The number of aromatic nitrogens is 3. The normalized spacial score (nSPS) is 19.0. The quantitative estimate of drug-likeness (QED) is 0.611. The fraction of sp³-hybridized carbons (Fsp3) is 0.143. The van der Waals surface area contributed by atoms with E-state index in [0.29, 0.717) is 5.92 Å². The number of benzene rings is 1. The molecule has 1 aromatic carbocycles. The maximum atomic E-state index is 13.4. The Kier molecular flexibility index (Phi) is 3.36. The lowest BCUT2D eigenvalue weighted by molar-refractivity contribution is 0.628. The summed E-state index contributed by atoms with van der Waals surface area (Å²) in [6, 6.07) is 14.9. The van der Waals surface area contributed by atoms with Crippen LogP contribution in [0.25, 0.3) is 27.9 Å². The van der Waals surface area contributed by atoms with Gasteiger partial charge in [-0.2, -0.15) is 5.10 Å². The molecule has 26 heavy (non-hydrogen) atoms. The van der Waals surface area contributed by atoms with Gasteiger partial charge in [0.1, 0.15) is 11.5 Å². The van der Waals surface area contributed by atoms with E-state index in [1.54, 1.807) is 24.5 Å². The van der Waals surface area contributed by atoms with E-state index in [9.17, 15) is 4.39 Å². The first-order valence-electron chi connectivity index (χ1n) is 8.65. The highest BCUT2D eigenvalue weighted by Gasteiger charge is 2.35. The SMILES string of the molecule is NC1C[C@H]1c1ccc2c(-c3ccncc3)c(-c3ccc(F)cc3)nn2c1. The van der Waals surface area contributed by atoms with Crippen LogP contribution in [-0.4, -0.2) is 20.6 Å². The monoisotopic (exact) mass is 344 g/mol. The van der Waals surface area contributed by atoms with Gasteiger partial charge in [-0.05, 0) is 60.0 Å². The number of nitrogens with zero attached hydrogens (tertiary/aromatic N) is 3. The van der Waals surface area contributed by atoms with E-state index < -0.39 is 0 Å². The van der Waals surface area contributed by atoms with Crippen LogP contribution in [0.5, 0.6) is 0 Å². The van der Waals surface area contributed by atoms with Crippen LogP contribution in [0.2, 0.25) is 0 Å². The molecule has 0 saturated heterocycles. The molecule has 1 fully saturated rings. The minimum absolute atomic E-state index is 0.249. The van der Waals surface area contributed by atoms with Crippen molar-refractivity contribution in [1.82, 2.24) is 14.6 Å². The smallest absolute Gasteiger partial charge is 0.123 e. The molecule has 0 spiro atoms. The zero-order chi connectivity index (χ0) is 17.7. The average molecular weight is 344 g/mol. The van der Waals surface area contributed by atoms with Gasteiger partial charge in [-0.1, -0.05) is 6.07 Å². The minimum Gasteiger partial charge on any atom is -0.327 e. The van der Waals surface area contributed by atoms with Crippen LogP contribution in [0, 0.1) is 5.82 Å². The summed E-state index contributed by atoms with van der Waals surface area (Å²) >= 11 is 0. The van der Waals surface area contributed by atoms with Gasteiger partial charge in [-0.25, -0.2) is 8.91 Å². The summed E-state index contributed by atoms with van der Waals surface area (Å²) < 4.78 is 15.3. The molecule has 0 amide bonds. The van der Waals surface area contributed by atoms with Crippen molar-refractivity contribution in [3.63, 3.8) is 0 Å². The Hall–Kier alpha value is -3.05. The zero-order valence-corrected chi connectivity index (χ0v) is 14.0. The predicted molar refractivity (Wildman–Crippen MR) is 99.2 cm³/mol. The van der Waals surface area contributed by atoms with Crippen molar-refractivity contribution in [3.8, 4) is 22.4 Å². The van der Waals surface area contributed by atoms with Crippen LogP contribution in [-0.2, 0) is 0 Å². The van der Waals surface area contributed by atoms with Crippen molar-refractivity contribution in [2.24, 2.45) is 5.73 Å². The predicted octanol–water partition coefficient (Wildman–Crippen LogP) is 4.02. The largest absolute Gasteiger partial charge is 0.327 e. The second-order valence-electron chi connectivity index (χ2n) is 6.76. The molecule has 4 aromatic rings. The summed E-state index contributed by atoms with van der Waals surface area (Å²) in [5, 5.41) is 4.82. The number of fused-ring (bicyclic) bond motifs is 1. The zero-order valence-electron chi connectivity index (χ0n) is 14.0. The highest BCUT2D eigenvalue weighted by molar-refractivity contribution is 5.92. The molecule has 128 valence electrons. The molecule has 5 heteroatoms. The molecule has 0 bridgehead atoms. The molecule has 0 aliphatic heterocycles. The Morgan fingerprint density at radius 1 is 0.962 bits per heavy atom. The fourth-order valence-corrected chi connectivity index (χ4v) is 3.50. The van der Waals surface area contributed by atoms with Gasteiger partial charge < -0.3 is 5.73 Å². The molecule has 2 atom stereocenters. The minimum atomic E-state index is -0.256. The molecule has 1 unspecified atom stereocenters. The van der Waals surface area contributed by atoms with Crippen LogP contribution in [0.3, 0.4) is 0 Å². The van der Waals surface area contributed by atoms with Gasteiger partial charge in [0.15, 0.2) is 0 Å². The molecule has 1 aliphatic carbocycles. The Bertz CT molecular complexity index is 1090. The number of nitrogens with two attached hydrogens (primary N) is 1. The number of hydrogen-bond acceptors (Lipinski definition) is 3. The van der Waals surface area contributed by atoms with Gasteiger partial charge >= 0.3 is 0 Å². The summed E-state index contributed by atoms with van der Waals surface area (Å²) in [6.45, 7) is 0. The highest BCUT2D eigenvalue weighted by atomic mass is 19.1. The van der Waals surface area contributed by atoms with Crippen LogP contribution in [0.4, 0.5) is 4.39 Å². The molecule has 4 nitrogen and oxygen atoms in total. The van der Waals surface area contributed by atoms with Crippen LogP contribution >= 0.6 is 0 Å². The average Bonchev–Trinajstić information content (AvgIpc) is 3.28. The third-order valence-corrected chi connectivity index (χ3v) is 5.01. The lowest BCUT2D eigenvalue weighted by Gasteiger charge is -2.04. The molecule has 1 saturated carbocycles. The first-order valence-corrected chi connectivity index (χ1v) is 8.65. The Morgan fingerprint density at radius 2 is 1.69 bits per heavy atom. The van der Waals surface area contributed by atoms with Crippen molar-refractivity contribution in [2.45, 2.75) is 18.4 Å². The molecule has 0 radical (unpaired) electrons. The van der Waals surface area contributed by atoms with Crippen molar-refractivity contribution in [3.05, 3.63) is 78.5 Å². The summed E-state index contributed by atoms with van der Waals surface area (Å²) in [5.74, 6) is 0.162. The molecule has 3 aromatic heterocycles. The van der Waals surface area contributed by atoms with Gasteiger partial charge in [0, 0.05) is 41.7 Å². The molecular formula is C21H17FN4. The van der Waals surface area contributed by atoms with Gasteiger partial charge in [0.2, 0.25) is 0 Å². The highest BCUT2D eigenvalue weighted by Crippen LogP contribution is 2.40. The molecule has 3 heterocycles. The third-order valence-electron chi connectivity index (χ3n) is 5.01. The Morgan fingerprint density at radius 3 is 2.38 bits per heavy atom. The summed E-state index contributed by atoms with van der Waals surface area (Å²) in [4.78, 5) is 4.11. The van der Waals surface area contributed by atoms with E-state index in [1.165, 1.54) is 17.7 Å². The lowest BCUT2D eigenvalue weighted by Crippen LogP contribution is -2.01. The maximum Gasteiger partial charge on any atom is 0.123 e. The van der Waals surface area contributed by atoms with E-state index in [0.717, 1.165) is 34.3 Å². The van der Waals surface area contributed by atoms with Crippen molar-refractivity contribution in [2.75, 3.05) is 0 Å². The van der Waals surface area contributed by atoms with Crippen LogP contribution < -0.4 is 5.73 Å². The van der Waals surface area contributed by atoms with Crippen LogP contribution in [0.15, 0.2) is 67.1 Å². The van der Waals surface area contributed by atoms with Crippen molar-refractivity contribution in [1.29, 1.82) is 0 Å². The molecule has 1 aliphatic rings. The van der Waals surface area contributed by atoms with Crippen LogP contribution in [0.1, 0.15) is 17.9 Å². The van der Waals surface area contributed by atoms with E-state index in [1.807, 2.05) is 16.6 Å². The number of rotatable bonds is 3. The standard InChI is InChI=1S/C21H17FN4/c22-16-4-1-14(2-5-16)21-20(13-7-9-24-10-8-13)19-6-3-15(12-26(19)25-21)17-11-18(17)23/h1-10,12,17-18H,11,23H2/t17-,18?/m0/s1. The number of halogens is 1. The Labute approximate surface area is 150 Å². The summed E-state index contributed by atoms with van der Waals surface area (Å²) in [7, 11) is 0. The lowest BCUT2D eigenvalue weighted by atomic mass is 10.0. The van der Waals surface area contributed by atoms with Gasteiger partial charge in [0.05, 0.1) is 5.52 Å². The fourth-order valence-electron chi connectivity index (χ4n) is 3.50. The van der Waals surface area contributed by atoms with E-state index in [-0.39, 0.29) is 11.9 Å². The first kappa shape index (κ1) is 15.2. The molecule has 5 rings (SSSR count). The van der Waals surface area contributed by atoms with E-state index >= 15 is 0 Å². The summed E-state index contributed by atoms with van der Waals surface area (Å²) in [6.07, 6.45) is 6.62. The summed E-state index contributed by atoms with van der Waals surface area (Å²) in [5.41, 5.74) is 12.0. The number of pyridine rings is 2. The van der Waals surface area contributed by atoms with Crippen molar-refractivity contribution >= 4 is 5.52 Å². The van der Waals surface area contributed by atoms with Crippen molar-refractivity contribution < 1.29 is 4.39 Å². The number of hydrogen-bond donors (Lipinski definition) is 1. The van der Waals surface area contributed by atoms with Gasteiger partial charge in [-0.3, -0.25) is 4.98 Å². The maximum absolute atomic E-state index is 13.4. The molecular weight excluding hydrogens is 327 g/mol. The second-order valence-corrected chi connectivity index (χ2v) is 6.76. The van der Waals surface area contributed by atoms with E-state index in [4.69, 9.17) is 10.8 Å². The Balaban J connectivity index is 1.75. The van der Waals surface area contributed by atoms with Gasteiger partial charge in [0.25, 0.3) is 0 Å².